The number of carbonyl (C=O) groups is 1. The summed E-state index contributed by atoms with van der Waals surface area (Å²) in [5, 5.41) is 0. The van der Waals surface area contributed by atoms with Gasteiger partial charge in [-0.05, 0) is 24.3 Å². The van der Waals surface area contributed by atoms with Crippen LogP contribution in [-0.2, 0) is 0 Å². The first kappa shape index (κ1) is 13.1. The first-order valence-electron chi connectivity index (χ1n) is 6.38. The molecule has 1 nitrogen and oxygen atoms in total. The molecular formula is C18H16O. The fourth-order valence-corrected chi connectivity index (χ4v) is 1.72. The minimum atomic E-state index is 0.0289. The molecule has 0 saturated heterocycles. The van der Waals surface area contributed by atoms with E-state index in [-0.39, 0.29) is 11.7 Å². The van der Waals surface area contributed by atoms with Crippen LogP contribution in [0.15, 0.2) is 54.6 Å². The van der Waals surface area contributed by atoms with Gasteiger partial charge in [-0.3, -0.25) is 4.79 Å². The second kappa shape index (κ2) is 6.02. The summed E-state index contributed by atoms with van der Waals surface area (Å²) in [6.45, 7) is 3.82. The van der Waals surface area contributed by atoms with Crippen LogP contribution in [0.4, 0.5) is 0 Å². The normalized spacial score (nSPS) is 9.84. The van der Waals surface area contributed by atoms with Gasteiger partial charge in [0.25, 0.3) is 0 Å². The molecule has 0 aliphatic rings. The third-order valence-electron chi connectivity index (χ3n) is 2.82. The molecule has 0 heterocycles. The quantitative estimate of drug-likeness (QED) is 0.581. The van der Waals surface area contributed by atoms with Crippen LogP contribution in [0.25, 0.3) is 0 Å². The lowest BCUT2D eigenvalue weighted by Gasteiger charge is -2.03. The molecule has 1 heteroatoms. The van der Waals surface area contributed by atoms with Crippen LogP contribution in [0.5, 0.6) is 0 Å². The van der Waals surface area contributed by atoms with Crippen LogP contribution in [0.2, 0.25) is 0 Å². The number of hydrogen-bond donors (Lipinski definition) is 0. The lowest BCUT2D eigenvalue weighted by atomic mass is 10.0. The number of benzene rings is 2. The Balaban J connectivity index is 2.16. The summed E-state index contributed by atoms with van der Waals surface area (Å²) in [6, 6.07) is 17.3. The molecule has 0 bridgehead atoms. The fraction of sp³-hybridized carbons (Fsp3) is 0.167. The van der Waals surface area contributed by atoms with Crippen molar-refractivity contribution in [2.45, 2.75) is 13.8 Å². The summed E-state index contributed by atoms with van der Waals surface area (Å²) in [7, 11) is 0. The number of ketones is 1. The molecule has 0 unspecified atom stereocenters. The molecule has 0 fully saturated rings. The SMILES string of the molecule is CC(C)C(=O)c1ccc(C#Cc2ccccc2)cc1. The molecule has 0 aliphatic heterocycles. The largest absolute Gasteiger partial charge is 0.294 e. The van der Waals surface area contributed by atoms with Crippen molar-refractivity contribution in [1.29, 1.82) is 0 Å². The van der Waals surface area contributed by atoms with Crippen molar-refractivity contribution in [3.05, 3.63) is 71.3 Å². The molecule has 2 aromatic rings. The Morgan fingerprint density at radius 1 is 0.842 bits per heavy atom. The van der Waals surface area contributed by atoms with E-state index in [1.54, 1.807) is 0 Å². The van der Waals surface area contributed by atoms with Crippen LogP contribution < -0.4 is 0 Å². The summed E-state index contributed by atoms with van der Waals surface area (Å²) in [5.41, 5.74) is 2.66. The van der Waals surface area contributed by atoms with Crippen molar-refractivity contribution in [2.75, 3.05) is 0 Å². The predicted octanol–water partition coefficient (Wildman–Crippen LogP) is 3.93. The van der Waals surface area contributed by atoms with Crippen molar-refractivity contribution in [2.24, 2.45) is 5.92 Å². The van der Waals surface area contributed by atoms with E-state index in [0.29, 0.717) is 0 Å². The lowest BCUT2D eigenvalue weighted by Crippen LogP contribution is -2.06. The zero-order valence-corrected chi connectivity index (χ0v) is 11.2. The first-order chi connectivity index (χ1) is 9.16. The third kappa shape index (κ3) is 3.56. The second-order valence-corrected chi connectivity index (χ2v) is 4.71. The maximum Gasteiger partial charge on any atom is 0.165 e. The van der Waals surface area contributed by atoms with Gasteiger partial charge in [0.2, 0.25) is 0 Å². The molecule has 0 N–H and O–H groups in total. The van der Waals surface area contributed by atoms with Gasteiger partial charge in [0, 0.05) is 22.6 Å². The average Bonchev–Trinajstić information content (AvgIpc) is 2.46. The standard InChI is InChI=1S/C18H16O/c1-14(2)18(19)17-12-10-16(11-13-17)9-8-15-6-4-3-5-7-15/h3-7,10-14H,1-2H3. The van der Waals surface area contributed by atoms with E-state index >= 15 is 0 Å². The van der Waals surface area contributed by atoms with E-state index in [1.807, 2.05) is 68.4 Å². The van der Waals surface area contributed by atoms with Crippen LogP contribution in [-0.4, -0.2) is 5.78 Å². The Morgan fingerprint density at radius 3 is 1.89 bits per heavy atom. The number of Topliss-reactive ketones (excluding diaryl/α,β-unsaturated/α-hetero) is 1. The molecule has 94 valence electrons. The maximum absolute atomic E-state index is 11.8. The van der Waals surface area contributed by atoms with Crippen molar-refractivity contribution in [3.8, 4) is 11.8 Å². The highest BCUT2D eigenvalue weighted by Crippen LogP contribution is 2.09. The predicted molar refractivity (Wildman–Crippen MR) is 78.0 cm³/mol. The summed E-state index contributed by atoms with van der Waals surface area (Å²) in [6.07, 6.45) is 0. The van der Waals surface area contributed by atoms with E-state index < -0.39 is 0 Å². The van der Waals surface area contributed by atoms with E-state index in [1.165, 1.54) is 0 Å². The monoisotopic (exact) mass is 248 g/mol. The zero-order chi connectivity index (χ0) is 13.7. The van der Waals surface area contributed by atoms with Gasteiger partial charge in [-0.1, -0.05) is 56.0 Å². The highest BCUT2D eigenvalue weighted by Gasteiger charge is 2.09. The smallest absolute Gasteiger partial charge is 0.165 e. The minimum Gasteiger partial charge on any atom is -0.294 e. The molecule has 0 aliphatic carbocycles. The third-order valence-corrected chi connectivity index (χ3v) is 2.82. The van der Waals surface area contributed by atoms with Crippen molar-refractivity contribution < 1.29 is 4.79 Å². The van der Waals surface area contributed by atoms with Gasteiger partial charge in [-0.25, -0.2) is 0 Å². The van der Waals surface area contributed by atoms with Gasteiger partial charge in [-0.15, -0.1) is 0 Å². The topological polar surface area (TPSA) is 17.1 Å². The maximum atomic E-state index is 11.8. The molecular weight excluding hydrogens is 232 g/mol. The highest BCUT2D eigenvalue weighted by atomic mass is 16.1. The van der Waals surface area contributed by atoms with Crippen LogP contribution in [0, 0.1) is 17.8 Å². The molecule has 0 amide bonds. The number of hydrogen-bond acceptors (Lipinski definition) is 1. The van der Waals surface area contributed by atoms with Gasteiger partial charge < -0.3 is 0 Å². The molecule has 0 spiro atoms. The lowest BCUT2D eigenvalue weighted by molar-refractivity contribution is 0.0939. The molecule has 19 heavy (non-hydrogen) atoms. The van der Waals surface area contributed by atoms with Gasteiger partial charge >= 0.3 is 0 Å². The van der Waals surface area contributed by atoms with Gasteiger partial charge in [0.05, 0.1) is 0 Å². The van der Waals surface area contributed by atoms with E-state index in [9.17, 15) is 4.79 Å². The zero-order valence-electron chi connectivity index (χ0n) is 11.2. The van der Waals surface area contributed by atoms with Crippen molar-refractivity contribution >= 4 is 5.78 Å². The first-order valence-corrected chi connectivity index (χ1v) is 6.38. The molecule has 0 saturated carbocycles. The Hall–Kier alpha value is -2.33. The summed E-state index contributed by atoms with van der Waals surface area (Å²) in [5.74, 6) is 6.39. The van der Waals surface area contributed by atoms with Gasteiger partial charge in [0.15, 0.2) is 5.78 Å². The molecule has 2 aromatic carbocycles. The van der Waals surface area contributed by atoms with Crippen molar-refractivity contribution in [1.82, 2.24) is 0 Å². The molecule has 2 rings (SSSR count). The second-order valence-electron chi connectivity index (χ2n) is 4.71. The fourth-order valence-electron chi connectivity index (χ4n) is 1.72. The van der Waals surface area contributed by atoms with Gasteiger partial charge in [-0.2, -0.15) is 0 Å². The van der Waals surface area contributed by atoms with Crippen LogP contribution in [0.1, 0.15) is 35.3 Å². The molecule has 0 radical (unpaired) electrons. The highest BCUT2D eigenvalue weighted by molar-refractivity contribution is 5.97. The van der Waals surface area contributed by atoms with Crippen LogP contribution >= 0.6 is 0 Å². The van der Waals surface area contributed by atoms with E-state index in [4.69, 9.17) is 0 Å². The Kier molecular flexibility index (Phi) is 4.15. The summed E-state index contributed by atoms with van der Waals surface area (Å²) < 4.78 is 0. The summed E-state index contributed by atoms with van der Waals surface area (Å²) >= 11 is 0. The minimum absolute atomic E-state index is 0.0289. The molecule has 0 atom stereocenters. The van der Waals surface area contributed by atoms with E-state index in [0.717, 1.165) is 16.7 Å². The number of rotatable bonds is 2. The Labute approximate surface area is 114 Å². The average molecular weight is 248 g/mol. The van der Waals surface area contributed by atoms with E-state index in [2.05, 4.69) is 11.8 Å². The van der Waals surface area contributed by atoms with Gasteiger partial charge in [0.1, 0.15) is 0 Å². The number of carbonyl (C=O) groups excluding carboxylic acids is 1. The Morgan fingerprint density at radius 2 is 1.37 bits per heavy atom. The van der Waals surface area contributed by atoms with Crippen molar-refractivity contribution in [3.63, 3.8) is 0 Å². The Bertz CT molecular complexity index is 610. The molecule has 0 aromatic heterocycles. The van der Waals surface area contributed by atoms with Crippen LogP contribution in [0.3, 0.4) is 0 Å². The summed E-state index contributed by atoms with van der Waals surface area (Å²) in [4.78, 5) is 11.8.